The molecule has 0 aliphatic carbocycles. The van der Waals surface area contributed by atoms with E-state index in [1.165, 1.54) is 12.0 Å². The molecular formula is C15H25N3O. The van der Waals surface area contributed by atoms with Crippen molar-refractivity contribution in [2.24, 2.45) is 0 Å². The minimum Gasteiger partial charge on any atom is -0.497 e. The van der Waals surface area contributed by atoms with Gasteiger partial charge in [-0.15, -0.1) is 0 Å². The highest BCUT2D eigenvalue weighted by atomic mass is 16.5. The van der Waals surface area contributed by atoms with E-state index in [1.54, 1.807) is 7.11 Å². The molecule has 2 N–H and O–H groups in total. The van der Waals surface area contributed by atoms with Crippen molar-refractivity contribution in [2.45, 2.75) is 25.9 Å². The van der Waals surface area contributed by atoms with Gasteiger partial charge in [-0.3, -0.25) is 4.90 Å². The lowest BCUT2D eigenvalue weighted by Gasteiger charge is -2.39. The van der Waals surface area contributed by atoms with Crippen molar-refractivity contribution < 1.29 is 4.74 Å². The summed E-state index contributed by atoms with van der Waals surface area (Å²) in [5.74, 6) is 0.825. The largest absolute Gasteiger partial charge is 0.497 e. The minimum absolute atomic E-state index is 0.660. The quantitative estimate of drug-likeness (QED) is 0.841. The Kier molecular flexibility index (Phi) is 4.66. The van der Waals surface area contributed by atoms with Crippen molar-refractivity contribution in [2.75, 3.05) is 39.5 Å². The summed E-state index contributed by atoms with van der Waals surface area (Å²) in [6, 6.07) is 6.63. The highest BCUT2D eigenvalue weighted by Crippen LogP contribution is 2.22. The van der Waals surface area contributed by atoms with Crippen LogP contribution >= 0.6 is 0 Å². The molecule has 4 heteroatoms. The Morgan fingerprint density at radius 2 is 2.16 bits per heavy atom. The van der Waals surface area contributed by atoms with E-state index in [9.17, 15) is 0 Å². The van der Waals surface area contributed by atoms with E-state index < -0.39 is 0 Å². The highest BCUT2D eigenvalue weighted by Gasteiger charge is 2.23. The monoisotopic (exact) mass is 263 g/mol. The Morgan fingerprint density at radius 1 is 1.37 bits per heavy atom. The van der Waals surface area contributed by atoms with Gasteiger partial charge < -0.3 is 15.4 Å². The summed E-state index contributed by atoms with van der Waals surface area (Å²) in [6.07, 6.45) is 1.20. The lowest BCUT2D eigenvalue weighted by atomic mass is 10.1. The van der Waals surface area contributed by atoms with Gasteiger partial charge in [0.05, 0.1) is 7.11 Å². The Balaban J connectivity index is 2.01. The molecule has 1 heterocycles. The molecule has 0 bridgehead atoms. The third-order valence-electron chi connectivity index (χ3n) is 4.08. The summed E-state index contributed by atoms with van der Waals surface area (Å²) in [5.41, 5.74) is 8.11. The van der Waals surface area contributed by atoms with E-state index in [4.69, 9.17) is 10.5 Å². The number of benzene rings is 1. The van der Waals surface area contributed by atoms with Crippen molar-refractivity contribution in [3.05, 3.63) is 23.8 Å². The fourth-order valence-electron chi connectivity index (χ4n) is 2.68. The fraction of sp³-hybridized carbons (Fsp3) is 0.600. The smallest absolute Gasteiger partial charge is 0.120 e. The molecule has 1 saturated heterocycles. The second-order valence-corrected chi connectivity index (χ2v) is 5.34. The van der Waals surface area contributed by atoms with Gasteiger partial charge in [0.25, 0.3) is 0 Å². The van der Waals surface area contributed by atoms with Gasteiger partial charge in [0.1, 0.15) is 5.75 Å². The zero-order valence-corrected chi connectivity index (χ0v) is 12.2. The molecule has 1 aromatic carbocycles. The first kappa shape index (κ1) is 14.2. The van der Waals surface area contributed by atoms with Crippen LogP contribution in [0.4, 0.5) is 5.69 Å². The van der Waals surface area contributed by atoms with Crippen LogP contribution in [0.25, 0.3) is 0 Å². The van der Waals surface area contributed by atoms with E-state index >= 15 is 0 Å². The zero-order valence-electron chi connectivity index (χ0n) is 12.2. The molecule has 1 aliphatic rings. The van der Waals surface area contributed by atoms with Crippen molar-refractivity contribution >= 4 is 5.69 Å². The number of ether oxygens (including phenoxy) is 1. The molecule has 19 heavy (non-hydrogen) atoms. The first-order valence-electron chi connectivity index (χ1n) is 6.99. The molecule has 0 saturated carbocycles. The van der Waals surface area contributed by atoms with Crippen LogP contribution in [-0.4, -0.2) is 49.6 Å². The number of likely N-dealkylation sites (N-methyl/N-ethyl adjacent to an activating group) is 1. The van der Waals surface area contributed by atoms with Crippen LogP contribution in [0.15, 0.2) is 18.2 Å². The SMILES string of the molecule is CCC1CN(Cc2ccc(OC)cc2N)CCN1C. The van der Waals surface area contributed by atoms with Gasteiger partial charge in [0.2, 0.25) is 0 Å². The number of methoxy groups -OCH3 is 1. The van der Waals surface area contributed by atoms with Gasteiger partial charge in [-0.25, -0.2) is 0 Å². The molecule has 0 amide bonds. The predicted octanol–water partition coefficient (Wildman–Crippen LogP) is 1.80. The maximum Gasteiger partial charge on any atom is 0.120 e. The number of nitrogens with two attached hydrogens (primary N) is 1. The summed E-state index contributed by atoms with van der Waals surface area (Å²) in [6.45, 7) is 6.55. The molecule has 1 atom stereocenters. The van der Waals surface area contributed by atoms with Crippen molar-refractivity contribution in [3.63, 3.8) is 0 Å². The Morgan fingerprint density at radius 3 is 2.79 bits per heavy atom. The molecular weight excluding hydrogens is 238 g/mol. The van der Waals surface area contributed by atoms with Crippen LogP contribution < -0.4 is 10.5 Å². The number of piperazine rings is 1. The summed E-state index contributed by atoms with van der Waals surface area (Å²) in [4.78, 5) is 4.94. The summed E-state index contributed by atoms with van der Waals surface area (Å²) >= 11 is 0. The van der Waals surface area contributed by atoms with Crippen LogP contribution in [0.3, 0.4) is 0 Å². The third-order valence-corrected chi connectivity index (χ3v) is 4.08. The molecule has 0 spiro atoms. The maximum absolute atomic E-state index is 6.09. The topological polar surface area (TPSA) is 41.7 Å². The minimum atomic E-state index is 0.660. The summed E-state index contributed by atoms with van der Waals surface area (Å²) < 4.78 is 5.19. The standard InChI is InChI=1S/C15H25N3O/c1-4-13-11-18(8-7-17(13)2)10-12-5-6-14(19-3)9-15(12)16/h5-6,9,13H,4,7-8,10-11,16H2,1-3H3. The van der Waals surface area contributed by atoms with E-state index in [-0.39, 0.29) is 0 Å². The van der Waals surface area contributed by atoms with E-state index in [0.29, 0.717) is 6.04 Å². The normalized spacial score (nSPS) is 21.5. The van der Waals surface area contributed by atoms with E-state index in [2.05, 4.69) is 29.8 Å². The maximum atomic E-state index is 6.09. The van der Waals surface area contributed by atoms with E-state index in [1.807, 2.05) is 12.1 Å². The van der Waals surface area contributed by atoms with Gasteiger partial charge >= 0.3 is 0 Å². The van der Waals surface area contributed by atoms with Gasteiger partial charge in [0.15, 0.2) is 0 Å². The number of nitrogen functional groups attached to an aromatic ring is 1. The van der Waals surface area contributed by atoms with Crippen molar-refractivity contribution in [1.29, 1.82) is 0 Å². The molecule has 2 rings (SSSR count). The van der Waals surface area contributed by atoms with Crippen LogP contribution in [-0.2, 0) is 6.54 Å². The lowest BCUT2D eigenvalue weighted by Crippen LogP contribution is -2.50. The second kappa shape index (κ2) is 6.26. The van der Waals surface area contributed by atoms with Crippen molar-refractivity contribution in [1.82, 2.24) is 9.80 Å². The van der Waals surface area contributed by atoms with Gasteiger partial charge in [-0.2, -0.15) is 0 Å². The molecule has 1 aromatic rings. The molecule has 0 radical (unpaired) electrons. The fourth-order valence-corrected chi connectivity index (χ4v) is 2.68. The molecule has 1 fully saturated rings. The van der Waals surface area contributed by atoms with Crippen LogP contribution in [0, 0.1) is 0 Å². The lowest BCUT2D eigenvalue weighted by molar-refractivity contribution is 0.0885. The van der Waals surface area contributed by atoms with Crippen LogP contribution in [0.2, 0.25) is 0 Å². The zero-order chi connectivity index (χ0) is 13.8. The number of rotatable bonds is 4. The molecule has 1 unspecified atom stereocenters. The molecule has 4 nitrogen and oxygen atoms in total. The average molecular weight is 263 g/mol. The Labute approximate surface area is 116 Å². The number of hydrogen-bond acceptors (Lipinski definition) is 4. The second-order valence-electron chi connectivity index (χ2n) is 5.34. The first-order chi connectivity index (χ1) is 9.13. The van der Waals surface area contributed by atoms with Crippen LogP contribution in [0.5, 0.6) is 5.75 Å². The number of nitrogens with zero attached hydrogens (tertiary/aromatic N) is 2. The first-order valence-corrected chi connectivity index (χ1v) is 6.99. The average Bonchev–Trinajstić information content (AvgIpc) is 2.43. The summed E-state index contributed by atoms with van der Waals surface area (Å²) in [5, 5.41) is 0. The van der Waals surface area contributed by atoms with Gasteiger partial charge in [0, 0.05) is 44.0 Å². The highest BCUT2D eigenvalue weighted by molar-refractivity contribution is 5.51. The summed E-state index contributed by atoms with van der Waals surface area (Å²) in [7, 11) is 3.88. The molecule has 0 aromatic heterocycles. The number of hydrogen-bond donors (Lipinski definition) is 1. The Bertz CT molecular complexity index is 422. The predicted molar refractivity (Wildman–Crippen MR) is 79.4 cm³/mol. The van der Waals surface area contributed by atoms with Crippen molar-refractivity contribution in [3.8, 4) is 5.75 Å². The number of anilines is 1. The third kappa shape index (κ3) is 3.39. The molecule has 106 valence electrons. The van der Waals surface area contributed by atoms with Gasteiger partial charge in [-0.1, -0.05) is 13.0 Å². The Hall–Kier alpha value is -1.26. The van der Waals surface area contributed by atoms with Gasteiger partial charge in [-0.05, 0) is 25.1 Å². The van der Waals surface area contributed by atoms with E-state index in [0.717, 1.165) is 37.6 Å². The molecule has 1 aliphatic heterocycles. The van der Waals surface area contributed by atoms with Crippen LogP contribution in [0.1, 0.15) is 18.9 Å².